The maximum absolute atomic E-state index is 14.4. The predicted molar refractivity (Wildman–Crippen MR) is 135 cm³/mol. The van der Waals surface area contributed by atoms with Crippen molar-refractivity contribution in [1.82, 2.24) is 14.5 Å². The van der Waals surface area contributed by atoms with Gasteiger partial charge in [-0.2, -0.15) is 0 Å². The van der Waals surface area contributed by atoms with Gasteiger partial charge in [-0.1, -0.05) is 12.1 Å². The second kappa shape index (κ2) is 9.31. The zero-order valence-corrected chi connectivity index (χ0v) is 20.6. The minimum Gasteiger partial charge on any atom is -0.368 e. The molecule has 1 aliphatic rings. The van der Waals surface area contributed by atoms with Crippen molar-refractivity contribution in [2.75, 3.05) is 35.8 Å². The number of aromatic nitrogens is 2. The average Bonchev–Trinajstić information content (AvgIpc) is 3.54. The Balaban J connectivity index is 1.22. The van der Waals surface area contributed by atoms with Gasteiger partial charge in [-0.05, 0) is 43.3 Å². The Morgan fingerprint density at radius 3 is 2.51 bits per heavy atom. The van der Waals surface area contributed by atoms with Crippen LogP contribution in [-0.4, -0.2) is 55.0 Å². The van der Waals surface area contributed by atoms with Gasteiger partial charge in [-0.3, -0.25) is 9.52 Å². The lowest BCUT2D eigenvalue weighted by molar-refractivity contribution is -0.134. The lowest BCUT2D eigenvalue weighted by atomic mass is 10.2. The van der Waals surface area contributed by atoms with E-state index in [0.717, 1.165) is 11.1 Å². The molecule has 11 heteroatoms. The van der Waals surface area contributed by atoms with Crippen molar-refractivity contribution in [2.45, 2.75) is 17.9 Å². The fourth-order valence-corrected chi connectivity index (χ4v) is 6.14. The molecule has 0 unspecified atom stereocenters. The van der Waals surface area contributed by atoms with Crippen molar-refractivity contribution in [2.24, 2.45) is 0 Å². The van der Waals surface area contributed by atoms with Crippen LogP contribution in [0.1, 0.15) is 13.0 Å². The van der Waals surface area contributed by atoms with Crippen LogP contribution in [0.5, 0.6) is 0 Å². The first-order chi connectivity index (χ1) is 16.8. The highest BCUT2D eigenvalue weighted by molar-refractivity contribution is 7.93. The average molecular weight is 514 g/mol. The first kappa shape index (κ1) is 23.3. The number of amides is 1. The second-order valence-electron chi connectivity index (χ2n) is 8.33. The van der Waals surface area contributed by atoms with Gasteiger partial charge in [0.1, 0.15) is 11.9 Å². The molecule has 1 atom stereocenters. The van der Waals surface area contributed by atoms with Gasteiger partial charge in [0, 0.05) is 55.0 Å². The maximum Gasteiger partial charge on any atom is 0.263 e. The quantitative estimate of drug-likeness (QED) is 0.422. The lowest BCUT2D eigenvalue weighted by Crippen LogP contribution is -2.50. The van der Waals surface area contributed by atoms with Gasteiger partial charge < -0.3 is 14.4 Å². The van der Waals surface area contributed by atoms with Gasteiger partial charge in [0.15, 0.2) is 5.13 Å². The van der Waals surface area contributed by atoms with Crippen molar-refractivity contribution < 1.29 is 17.6 Å². The fourth-order valence-electron chi connectivity index (χ4n) is 4.35. The smallest absolute Gasteiger partial charge is 0.263 e. The Kier molecular flexibility index (Phi) is 6.20. The molecular formula is C24H24FN5O3S2. The molecule has 0 bridgehead atoms. The number of para-hydroxylation sites is 1. The summed E-state index contributed by atoms with van der Waals surface area (Å²) in [6.45, 7) is 4.07. The number of benzene rings is 2. The monoisotopic (exact) mass is 513 g/mol. The van der Waals surface area contributed by atoms with Gasteiger partial charge in [-0.25, -0.2) is 17.8 Å². The van der Waals surface area contributed by atoms with E-state index in [1.807, 2.05) is 12.1 Å². The number of nitrogens with one attached hydrogen (secondary N) is 1. The van der Waals surface area contributed by atoms with E-state index >= 15 is 0 Å². The molecule has 2 aromatic carbocycles. The molecule has 0 spiro atoms. The molecule has 1 N–H and O–H groups in total. The molecule has 2 aromatic heterocycles. The highest BCUT2D eigenvalue weighted by atomic mass is 32.2. The molecule has 4 aromatic rings. The van der Waals surface area contributed by atoms with Gasteiger partial charge in [0.2, 0.25) is 5.91 Å². The Morgan fingerprint density at radius 2 is 1.83 bits per heavy atom. The number of rotatable bonds is 6. The van der Waals surface area contributed by atoms with Crippen LogP contribution in [0.3, 0.4) is 0 Å². The van der Waals surface area contributed by atoms with Crippen LogP contribution in [0.4, 0.5) is 15.2 Å². The molecule has 1 saturated heterocycles. The fraction of sp³-hybridized carbons (Fsp3) is 0.250. The number of fused-ring (bicyclic) bond motifs is 1. The topological polar surface area (TPSA) is 87.5 Å². The Hall–Kier alpha value is -3.44. The Bertz CT molecular complexity index is 1440. The summed E-state index contributed by atoms with van der Waals surface area (Å²) in [7, 11) is -3.70. The summed E-state index contributed by atoms with van der Waals surface area (Å²) in [5.41, 5.74) is 1.32. The number of carbonyl (C=O) groups excluding carboxylic acids is 1. The summed E-state index contributed by atoms with van der Waals surface area (Å²) in [4.78, 5) is 21.2. The highest BCUT2D eigenvalue weighted by Crippen LogP contribution is 2.26. The SMILES string of the molecule is C[C@@H](C(=O)N1CCN(c2ccc(S(=O)(=O)Nc3nccs3)cc2)CC1)n1ccc2cccc(F)c21. The Morgan fingerprint density at radius 1 is 1.09 bits per heavy atom. The van der Waals surface area contributed by atoms with Crippen LogP contribution in [0.15, 0.2) is 71.2 Å². The molecule has 182 valence electrons. The summed E-state index contributed by atoms with van der Waals surface area (Å²) in [5.74, 6) is -0.399. The summed E-state index contributed by atoms with van der Waals surface area (Å²) in [6, 6.07) is 12.9. The van der Waals surface area contributed by atoms with Gasteiger partial charge in [-0.15, -0.1) is 11.3 Å². The van der Waals surface area contributed by atoms with Gasteiger partial charge >= 0.3 is 0 Å². The van der Waals surface area contributed by atoms with Gasteiger partial charge in [0.25, 0.3) is 10.0 Å². The van der Waals surface area contributed by atoms with Crippen molar-refractivity contribution >= 4 is 49.0 Å². The molecule has 8 nitrogen and oxygen atoms in total. The zero-order chi connectivity index (χ0) is 24.6. The van der Waals surface area contributed by atoms with E-state index in [1.54, 1.807) is 58.3 Å². The molecule has 0 radical (unpaired) electrons. The largest absolute Gasteiger partial charge is 0.368 e. The summed E-state index contributed by atoms with van der Waals surface area (Å²) in [6.07, 6.45) is 3.29. The number of thiazole rings is 1. The molecular weight excluding hydrogens is 489 g/mol. The summed E-state index contributed by atoms with van der Waals surface area (Å²) >= 11 is 1.21. The van der Waals surface area contributed by atoms with Crippen molar-refractivity contribution in [3.05, 3.63) is 72.1 Å². The summed E-state index contributed by atoms with van der Waals surface area (Å²) in [5, 5.41) is 2.78. The second-order valence-corrected chi connectivity index (χ2v) is 10.9. The van der Waals surface area contributed by atoms with E-state index in [1.165, 1.54) is 23.6 Å². The number of piperazine rings is 1. The third-order valence-corrected chi connectivity index (χ3v) is 8.40. The van der Waals surface area contributed by atoms with Crippen LogP contribution in [0, 0.1) is 5.82 Å². The zero-order valence-electron chi connectivity index (χ0n) is 19.0. The molecule has 1 aliphatic heterocycles. The minimum absolute atomic E-state index is 0.0555. The van der Waals surface area contributed by atoms with Crippen molar-refractivity contribution in [1.29, 1.82) is 0 Å². The molecule has 35 heavy (non-hydrogen) atoms. The van der Waals surface area contributed by atoms with Crippen LogP contribution in [-0.2, 0) is 14.8 Å². The van der Waals surface area contributed by atoms with Crippen LogP contribution < -0.4 is 9.62 Å². The molecule has 0 aliphatic carbocycles. The summed E-state index contributed by atoms with van der Waals surface area (Å²) < 4.78 is 43.6. The van der Waals surface area contributed by atoms with Crippen molar-refractivity contribution in [3.63, 3.8) is 0 Å². The number of hydrogen-bond donors (Lipinski definition) is 1. The third-order valence-electron chi connectivity index (χ3n) is 6.22. The number of anilines is 2. The molecule has 1 amide bonds. The minimum atomic E-state index is -3.70. The number of halogens is 1. The maximum atomic E-state index is 14.4. The number of hydrogen-bond acceptors (Lipinski definition) is 6. The van der Waals surface area contributed by atoms with Crippen LogP contribution >= 0.6 is 11.3 Å². The van der Waals surface area contributed by atoms with E-state index < -0.39 is 16.1 Å². The lowest BCUT2D eigenvalue weighted by Gasteiger charge is -2.37. The van der Waals surface area contributed by atoms with Crippen molar-refractivity contribution in [3.8, 4) is 0 Å². The molecule has 1 fully saturated rings. The van der Waals surface area contributed by atoms with E-state index in [0.29, 0.717) is 36.8 Å². The van der Waals surface area contributed by atoms with E-state index in [4.69, 9.17) is 0 Å². The third kappa shape index (κ3) is 4.61. The Labute approximate surface area is 206 Å². The van der Waals surface area contributed by atoms with E-state index in [2.05, 4.69) is 14.6 Å². The predicted octanol–water partition coefficient (Wildman–Crippen LogP) is 3.95. The normalized spacial score (nSPS) is 15.4. The van der Waals surface area contributed by atoms with Crippen LogP contribution in [0.2, 0.25) is 0 Å². The first-order valence-corrected chi connectivity index (χ1v) is 13.5. The number of sulfonamides is 1. The first-order valence-electron chi connectivity index (χ1n) is 11.1. The molecule has 3 heterocycles. The van der Waals surface area contributed by atoms with E-state index in [9.17, 15) is 17.6 Å². The van der Waals surface area contributed by atoms with E-state index in [-0.39, 0.29) is 16.6 Å². The highest BCUT2D eigenvalue weighted by Gasteiger charge is 2.27. The standard InChI is InChI=1S/C24H24FN5O3S2/c1-17(30-11-9-18-3-2-4-21(25)22(18)30)23(31)29-14-12-28(13-15-29)19-5-7-20(8-6-19)35(32,33)27-24-26-10-16-34-24/h2-11,16-17H,12-15H2,1H3,(H,26,27)/t17-/m0/s1. The van der Waals surface area contributed by atoms with Gasteiger partial charge in [0.05, 0.1) is 10.4 Å². The molecule has 5 rings (SSSR count). The number of nitrogens with zero attached hydrogens (tertiary/aromatic N) is 4. The van der Waals surface area contributed by atoms with Crippen LogP contribution in [0.25, 0.3) is 10.9 Å². The molecule has 0 saturated carbocycles. The number of carbonyl (C=O) groups is 1.